The second-order valence-electron chi connectivity index (χ2n) is 4.70. The van der Waals surface area contributed by atoms with E-state index < -0.39 is 11.8 Å². The fraction of sp³-hybridized carbons (Fsp3) is 0.267. The van der Waals surface area contributed by atoms with Crippen molar-refractivity contribution in [2.75, 3.05) is 0 Å². The van der Waals surface area contributed by atoms with Crippen molar-refractivity contribution in [1.82, 2.24) is 9.78 Å². The molecule has 1 atom stereocenters. The Bertz CT molecular complexity index is 712. The molecule has 6 heteroatoms. The van der Waals surface area contributed by atoms with Crippen LogP contribution >= 0.6 is 11.6 Å². The number of nitrogens with two attached hydrogens (primary N) is 1. The zero-order valence-corrected chi connectivity index (χ0v) is 12.4. The van der Waals surface area contributed by atoms with E-state index in [1.165, 1.54) is 10.9 Å². The maximum Gasteiger partial charge on any atom is 0.271 e. The smallest absolute Gasteiger partial charge is 0.271 e. The maximum absolute atomic E-state index is 12.4. The Morgan fingerprint density at radius 1 is 1.38 bits per heavy atom. The summed E-state index contributed by atoms with van der Waals surface area (Å²) in [6.07, 6.45) is 1.97. The number of halogens is 1. The van der Waals surface area contributed by atoms with Gasteiger partial charge in [-0.25, -0.2) is 4.68 Å². The number of carbonyl (C=O) groups is 1. The Hall–Kier alpha value is -2.14. The topological polar surface area (TPSA) is 78.0 Å². The van der Waals surface area contributed by atoms with Crippen LogP contribution in [-0.2, 0) is 11.3 Å². The van der Waals surface area contributed by atoms with Gasteiger partial charge in [0.1, 0.15) is 0 Å². The Balaban J connectivity index is 2.41. The molecule has 1 heterocycles. The van der Waals surface area contributed by atoms with E-state index in [1.807, 2.05) is 25.1 Å². The number of hydrogen-bond acceptors (Lipinski definition) is 3. The normalized spacial score (nSPS) is 12.1. The highest BCUT2D eigenvalue weighted by molar-refractivity contribution is 6.31. The average molecular weight is 306 g/mol. The quantitative estimate of drug-likeness (QED) is 0.916. The predicted octanol–water partition coefficient (Wildman–Crippen LogP) is 1.92. The first-order chi connectivity index (χ1) is 10.0. The van der Waals surface area contributed by atoms with Crippen molar-refractivity contribution in [3.8, 4) is 0 Å². The summed E-state index contributed by atoms with van der Waals surface area (Å²) < 4.78 is 1.29. The summed E-state index contributed by atoms with van der Waals surface area (Å²) in [7, 11) is 0. The van der Waals surface area contributed by atoms with Crippen LogP contribution in [-0.4, -0.2) is 15.7 Å². The Morgan fingerprint density at radius 3 is 2.71 bits per heavy atom. The molecule has 0 spiro atoms. The number of benzene rings is 1. The first-order valence-electron chi connectivity index (χ1n) is 6.63. The summed E-state index contributed by atoms with van der Waals surface area (Å²) >= 11 is 6.09. The Labute approximate surface area is 127 Å². The number of nitrogens with zero attached hydrogens (tertiary/aromatic N) is 2. The van der Waals surface area contributed by atoms with Gasteiger partial charge in [0.15, 0.2) is 0 Å². The molecule has 1 amide bonds. The maximum atomic E-state index is 12.4. The lowest BCUT2D eigenvalue weighted by Gasteiger charge is -2.12. The van der Waals surface area contributed by atoms with Crippen molar-refractivity contribution in [1.29, 1.82) is 0 Å². The van der Waals surface area contributed by atoms with E-state index in [0.717, 1.165) is 5.56 Å². The molecule has 2 N–H and O–H groups in total. The average Bonchev–Trinajstić information content (AvgIpc) is 2.45. The van der Waals surface area contributed by atoms with E-state index in [4.69, 9.17) is 17.3 Å². The van der Waals surface area contributed by atoms with Crippen LogP contribution in [0.2, 0.25) is 5.02 Å². The van der Waals surface area contributed by atoms with Crippen molar-refractivity contribution < 1.29 is 4.79 Å². The van der Waals surface area contributed by atoms with E-state index in [9.17, 15) is 9.59 Å². The van der Waals surface area contributed by atoms with Crippen LogP contribution in [0.4, 0.5) is 0 Å². The molecular formula is C15H16ClN3O2. The fourth-order valence-electron chi connectivity index (χ4n) is 2.21. The predicted molar refractivity (Wildman–Crippen MR) is 81.3 cm³/mol. The first-order valence-corrected chi connectivity index (χ1v) is 7.01. The van der Waals surface area contributed by atoms with E-state index in [0.29, 0.717) is 17.0 Å². The third-order valence-electron chi connectivity index (χ3n) is 3.35. The second-order valence-corrected chi connectivity index (χ2v) is 5.11. The molecule has 0 saturated heterocycles. The van der Waals surface area contributed by atoms with Gasteiger partial charge < -0.3 is 5.73 Å². The van der Waals surface area contributed by atoms with Crippen LogP contribution in [0, 0.1) is 0 Å². The molecule has 5 nitrogen and oxygen atoms in total. The number of primary amides is 1. The summed E-state index contributed by atoms with van der Waals surface area (Å²) in [4.78, 5) is 23.9. The summed E-state index contributed by atoms with van der Waals surface area (Å²) in [6, 6.07) is 8.79. The van der Waals surface area contributed by atoms with Crippen LogP contribution in [0.15, 0.2) is 41.3 Å². The lowest BCUT2D eigenvalue weighted by atomic mass is 9.98. The molecule has 0 fully saturated rings. The number of rotatable bonds is 5. The molecule has 2 aromatic rings. The van der Waals surface area contributed by atoms with Gasteiger partial charge in [-0.05, 0) is 24.1 Å². The molecule has 0 aliphatic rings. The van der Waals surface area contributed by atoms with Gasteiger partial charge in [0.2, 0.25) is 5.91 Å². The largest absolute Gasteiger partial charge is 0.369 e. The molecule has 21 heavy (non-hydrogen) atoms. The minimum absolute atomic E-state index is 0.252. The van der Waals surface area contributed by atoms with Crippen molar-refractivity contribution in [2.45, 2.75) is 25.8 Å². The van der Waals surface area contributed by atoms with Crippen molar-refractivity contribution in [3.63, 3.8) is 0 Å². The van der Waals surface area contributed by atoms with E-state index >= 15 is 0 Å². The van der Waals surface area contributed by atoms with Gasteiger partial charge in [0, 0.05) is 16.8 Å². The third-order valence-corrected chi connectivity index (χ3v) is 3.72. The standard InChI is InChI=1S/C15H16ClN3O2/c1-2-11(14(17)20)12-7-8-18-19(15(12)21)9-10-5-3-4-6-13(10)16/h3-8,11H,2,9H2,1H3,(H2,17,20). The highest BCUT2D eigenvalue weighted by atomic mass is 35.5. The van der Waals surface area contributed by atoms with Gasteiger partial charge in [0.05, 0.1) is 12.5 Å². The lowest BCUT2D eigenvalue weighted by molar-refractivity contribution is -0.119. The van der Waals surface area contributed by atoms with Crippen LogP contribution in [0.25, 0.3) is 0 Å². The van der Waals surface area contributed by atoms with Crippen molar-refractivity contribution in [2.24, 2.45) is 5.73 Å². The fourth-order valence-corrected chi connectivity index (χ4v) is 2.40. The number of carbonyl (C=O) groups excluding carboxylic acids is 1. The van der Waals surface area contributed by atoms with Crippen LogP contribution < -0.4 is 11.3 Å². The monoisotopic (exact) mass is 305 g/mol. The van der Waals surface area contributed by atoms with Crippen LogP contribution in [0.5, 0.6) is 0 Å². The van der Waals surface area contributed by atoms with E-state index in [1.54, 1.807) is 12.1 Å². The molecule has 0 aliphatic carbocycles. The SMILES string of the molecule is CCC(C(N)=O)c1ccnn(Cc2ccccc2Cl)c1=O. The molecule has 110 valence electrons. The molecule has 1 aromatic heterocycles. The van der Waals surface area contributed by atoms with Crippen molar-refractivity contribution >= 4 is 17.5 Å². The molecule has 1 unspecified atom stereocenters. The van der Waals surface area contributed by atoms with Gasteiger partial charge in [-0.3, -0.25) is 9.59 Å². The van der Waals surface area contributed by atoms with E-state index in [-0.39, 0.29) is 12.1 Å². The highest BCUT2D eigenvalue weighted by Crippen LogP contribution is 2.17. The van der Waals surface area contributed by atoms with Crippen LogP contribution in [0.1, 0.15) is 30.4 Å². The molecule has 2 rings (SSSR count). The number of aromatic nitrogens is 2. The minimum Gasteiger partial charge on any atom is -0.369 e. The lowest BCUT2D eigenvalue weighted by Crippen LogP contribution is -2.32. The first kappa shape index (κ1) is 15.3. The Morgan fingerprint density at radius 2 is 2.10 bits per heavy atom. The molecule has 0 radical (unpaired) electrons. The second kappa shape index (κ2) is 6.54. The van der Waals surface area contributed by atoms with Crippen LogP contribution in [0.3, 0.4) is 0 Å². The Kier molecular flexibility index (Phi) is 4.75. The van der Waals surface area contributed by atoms with Gasteiger partial charge in [-0.2, -0.15) is 5.10 Å². The van der Waals surface area contributed by atoms with Crippen molar-refractivity contribution in [3.05, 3.63) is 63.0 Å². The summed E-state index contributed by atoms with van der Waals surface area (Å²) in [5.41, 5.74) is 6.19. The molecule has 0 bridgehead atoms. The molecule has 1 aromatic carbocycles. The van der Waals surface area contributed by atoms with Gasteiger partial charge in [-0.15, -0.1) is 0 Å². The zero-order chi connectivity index (χ0) is 15.4. The van der Waals surface area contributed by atoms with Gasteiger partial charge in [0.25, 0.3) is 5.56 Å². The molecular weight excluding hydrogens is 290 g/mol. The van der Waals surface area contributed by atoms with Gasteiger partial charge >= 0.3 is 0 Å². The minimum atomic E-state index is -0.599. The summed E-state index contributed by atoms with van der Waals surface area (Å²) in [5.74, 6) is -1.11. The number of hydrogen-bond donors (Lipinski definition) is 1. The zero-order valence-electron chi connectivity index (χ0n) is 11.6. The summed E-state index contributed by atoms with van der Waals surface area (Å²) in [6.45, 7) is 2.06. The third kappa shape index (κ3) is 3.31. The molecule has 0 aliphatic heterocycles. The van der Waals surface area contributed by atoms with E-state index in [2.05, 4.69) is 5.10 Å². The number of amides is 1. The summed E-state index contributed by atoms with van der Waals surface area (Å²) in [5, 5.41) is 4.61. The van der Waals surface area contributed by atoms with Gasteiger partial charge in [-0.1, -0.05) is 36.7 Å². The molecule has 0 saturated carbocycles. The highest BCUT2D eigenvalue weighted by Gasteiger charge is 2.20.